The first kappa shape index (κ1) is 25.0. The number of nitrogen functional groups attached to an aromatic ring is 1. The smallest absolute Gasteiger partial charge is 0.246 e. The van der Waals surface area contributed by atoms with E-state index in [1.54, 1.807) is 18.2 Å². The third kappa shape index (κ3) is 4.84. The Bertz CT molecular complexity index is 1530. The van der Waals surface area contributed by atoms with Crippen LogP contribution in [0.1, 0.15) is 43.2 Å². The predicted octanol–water partition coefficient (Wildman–Crippen LogP) is 4.95. The van der Waals surface area contributed by atoms with Crippen LogP contribution in [-0.2, 0) is 4.79 Å². The molecule has 0 radical (unpaired) electrons. The Hall–Kier alpha value is -4.27. The quantitative estimate of drug-likeness (QED) is 0.343. The average molecular weight is 526 g/mol. The fourth-order valence-electron chi connectivity index (χ4n) is 5.62. The van der Waals surface area contributed by atoms with E-state index < -0.39 is 0 Å². The number of aromatic nitrogens is 4. The number of hydrogen-bond donors (Lipinski definition) is 1. The van der Waals surface area contributed by atoms with Crippen molar-refractivity contribution in [2.45, 2.75) is 37.6 Å². The summed E-state index contributed by atoms with van der Waals surface area (Å²) in [4.78, 5) is 25.7. The second-order valence-electron chi connectivity index (χ2n) is 10.5. The monoisotopic (exact) mass is 525 g/mol. The van der Waals surface area contributed by atoms with Gasteiger partial charge in [-0.3, -0.25) is 4.79 Å². The number of anilines is 2. The molecule has 2 aliphatic rings. The Morgan fingerprint density at radius 1 is 1.13 bits per heavy atom. The number of hydrogen-bond acceptors (Lipinski definition) is 6. The van der Waals surface area contributed by atoms with Crippen molar-refractivity contribution in [1.29, 1.82) is 0 Å². The molecule has 1 aliphatic heterocycles. The molecule has 39 heavy (non-hydrogen) atoms. The lowest BCUT2D eigenvalue weighted by Crippen LogP contribution is -2.28. The summed E-state index contributed by atoms with van der Waals surface area (Å²) in [7, 11) is 2.08. The van der Waals surface area contributed by atoms with Crippen molar-refractivity contribution in [2.75, 3.05) is 37.3 Å². The molecule has 2 N–H and O–H groups in total. The predicted molar refractivity (Wildman–Crippen MR) is 151 cm³/mol. The number of carbonyl (C=O) groups is 1. The highest BCUT2D eigenvalue weighted by molar-refractivity contribution is 5.98. The van der Waals surface area contributed by atoms with E-state index in [9.17, 15) is 9.18 Å². The second-order valence-corrected chi connectivity index (χ2v) is 10.5. The molecule has 3 heterocycles. The molecule has 1 saturated carbocycles. The molecule has 8 nitrogen and oxygen atoms in total. The third-order valence-electron chi connectivity index (χ3n) is 7.99. The van der Waals surface area contributed by atoms with E-state index in [1.807, 2.05) is 15.7 Å². The Labute approximate surface area is 227 Å². The van der Waals surface area contributed by atoms with Crippen molar-refractivity contribution >= 4 is 28.4 Å². The van der Waals surface area contributed by atoms with Crippen molar-refractivity contribution in [3.63, 3.8) is 0 Å². The number of rotatable bonds is 7. The van der Waals surface area contributed by atoms with E-state index in [1.165, 1.54) is 49.0 Å². The minimum absolute atomic E-state index is 0.0115. The number of amides is 1. The number of benzene rings is 2. The summed E-state index contributed by atoms with van der Waals surface area (Å²) in [5.41, 5.74) is 10.8. The molecule has 1 saturated heterocycles. The number of likely N-dealkylation sites (tertiary alicyclic amines) is 1. The zero-order chi connectivity index (χ0) is 26.9. The van der Waals surface area contributed by atoms with E-state index in [0.717, 1.165) is 12.0 Å². The van der Waals surface area contributed by atoms with Crippen LogP contribution in [0.5, 0.6) is 0 Å². The normalized spacial score (nSPS) is 17.7. The van der Waals surface area contributed by atoms with E-state index >= 15 is 0 Å². The number of nitrogens with two attached hydrogens (primary N) is 1. The van der Waals surface area contributed by atoms with E-state index in [4.69, 9.17) is 10.8 Å². The molecule has 1 amide bonds. The van der Waals surface area contributed by atoms with Gasteiger partial charge in [-0.2, -0.15) is 5.10 Å². The van der Waals surface area contributed by atoms with Gasteiger partial charge in [0.1, 0.15) is 23.7 Å². The molecule has 2 aromatic carbocycles. The number of likely N-dealkylation sites (N-methyl/N-ethyl adjacent to an activating group) is 1. The van der Waals surface area contributed by atoms with Gasteiger partial charge in [0.25, 0.3) is 0 Å². The maximum absolute atomic E-state index is 13.5. The highest BCUT2D eigenvalue weighted by Crippen LogP contribution is 2.40. The number of carbonyl (C=O) groups excluding carboxylic acids is 1. The molecule has 0 bridgehead atoms. The van der Waals surface area contributed by atoms with Crippen molar-refractivity contribution < 1.29 is 9.18 Å². The van der Waals surface area contributed by atoms with Gasteiger partial charge < -0.3 is 15.5 Å². The Morgan fingerprint density at radius 3 is 2.69 bits per heavy atom. The summed E-state index contributed by atoms with van der Waals surface area (Å²) >= 11 is 0. The molecular formula is C30H32FN7O. The lowest BCUT2D eigenvalue weighted by molar-refractivity contribution is -0.125. The van der Waals surface area contributed by atoms with Gasteiger partial charge in [-0.05, 0) is 61.1 Å². The molecule has 1 atom stereocenters. The lowest BCUT2D eigenvalue weighted by Gasteiger charge is -2.31. The van der Waals surface area contributed by atoms with Crippen molar-refractivity contribution in [3.05, 3.63) is 78.4 Å². The van der Waals surface area contributed by atoms with Crippen molar-refractivity contribution in [1.82, 2.24) is 24.6 Å². The summed E-state index contributed by atoms with van der Waals surface area (Å²) in [6.07, 6.45) is 9.60. The number of nitrogens with zero attached hydrogens (tertiary/aromatic N) is 6. The van der Waals surface area contributed by atoms with E-state index in [-0.39, 0.29) is 17.8 Å². The largest absolute Gasteiger partial charge is 0.383 e. The van der Waals surface area contributed by atoms with Gasteiger partial charge in [-0.25, -0.2) is 19.0 Å². The lowest BCUT2D eigenvalue weighted by atomic mass is 9.79. The average Bonchev–Trinajstić information content (AvgIpc) is 3.55. The van der Waals surface area contributed by atoms with Gasteiger partial charge >= 0.3 is 0 Å². The highest BCUT2D eigenvalue weighted by atomic mass is 19.1. The number of fused-ring (bicyclic) bond motifs is 1. The van der Waals surface area contributed by atoms with Crippen LogP contribution in [0.3, 0.4) is 0 Å². The Balaban J connectivity index is 1.15. The first-order valence-electron chi connectivity index (χ1n) is 13.5. The maximum atomic E-state index is 13.5. The topological polar surface area (TPSA) is 93.2 Å². The minimum Gasteiger partial charge on any atom is -0.383 e. The van der Waals surface area contributed by atoms with Crippen LogP contribution in [0.15, 0.2) is 67.0 Å². The van der Waals surface area contributed by atoms with Crippen LogP contribution in [0, 0.1) is 5.82 Å². The summed E-state index contributed by atoms with van der Waals surface area (Å²) < 4.78 is 15.4. The number of halogens is 1. The molecule has 2 aromatic heterocycles. The SMILES string of the molecule is CN(CC=CC(=O)N1CCC(n2nc(-c3ccc(F)cc3)c3c(N)ncnc32)C1)c1ccccc1C1CCC1. The molecule has 0 spiro atoms. The zero-order valence-corrected chi connectivity index (χ0v) is 22.0. The van der Waals surface area contributed by atoms with Crippen LogP contribution in [0.25, 0.3) is 22.3 Å². The van der Waals surface area contributed by atoms with Gasteiger partial charge in [-0.15, -0.1) is 0 Å². The van der Waals surface area contributed by atoms with Crippen molar-refractivity contribution in [2.24, 2.45) is 0 Å². The molecule has 6 rings (SSSR count). The molecule has 4 aromatic rings. The van der Waals surface area contributed by atoms with E-state index in [2.05, 4.69) is 46.2 Å². The fourth-order valence-corrected chi connectivity index (χ4v) is 5.62. The first-order chi connectivity index (χ1) is 19.0. The first-order valence-corrected chi connectivity index (χ1v) is 13.5. The molecule has 9 heteroatoms. The Morgan fingerprint density at radius 2 is 1.92 bits per heavy atom. The second kappa shape index (κ2) is 10.5. The summed E-state index contributed by atoms with van der Waals surface area (Å²) in [6.45, 7) is 1.81. The van der Waals surface area contributed by atoms with Crippen LogP contribution in [0.2, 0.25) is 0 Å². The fraction of sp³-hybridized carbons (Fsp3) is 0.333. The van der Waals surface area contributed by atoms with Gasteiger partial charge in [0.05, 0.1) is 11.4 Å². The van der Waals surface area contributed by atoms with Gasteiger partial charge in [0.2, 0.25) is 5.91 Å². The van der Waals surface area contributed by atoms with Crippen LogP contribution in [0.4, 0.5) is 15.9 Å². The van der Waals surface area contributed by atoms with Crippen LogP contribution < -0.4 is 10.6 Å². The summed E-state index contributed by atoms with van der Waals surface area (Å²) in [6, 6.07) is 14.7. The van der Waals surface area contributed by atoms with Gasteiger partial charge in [0, 0.05) is 44.0 Å². The van der Waals surface area contributed by atoms with Gasteiger partial charge in [-0.1, -0.05) is 30.7 Å². The molecule has 200 valence electrons. The molecule has 2 fully saturated rings. The van der Waals surface area contributed by atoms with Gasteiger partial charge in [0.15, 0.2) is 5.65 Å². The zero-order valence-electron chi connectivity index (χ0n) is 22.0. The molecule has 1 unspecified atom stereocenters. The van der Waals surface area contributed by atoms with Crippen molar-refractivity contribution in [3.8, 4) is 11.3 Å². The Kier molecular flexibility index (Phi) is 6.72. The summed E-state index contributed by atoms with van der Waals surface area (Å²) in [5.74, 6) is 0.641. The minimum atomic E-state index is -0.321. The standard InChI is InChI=1S/C30H32FN7O/c1-36(25-9-3-2-8-24(25)20-6-4-7-20)16-5-10-26(39)37-17-15-23(18-37)38-30-27(29(32)33-19-34-30)28(35-38)21-11-13-22(31)14-12-21/h2-3,5,8-14,19-20,23H,4,6-7,15-18H2,1H3,(H2,32,33,34). The summed E-state index contributed by atoms with van der Waals surface area (Å²) in [5, 5.41) is 5.47. The maximum Gasteiger partial charge on any atom is 0.246 e. The highest BCUT2D eigenvalue weighted by Gasteiger charge is 2.30. The van der Waals surface area contributed by atoms with Crippen LogP contribution in [-0.4, -0.2) is 57.2 Å². The van der Waals surface area contributed by atoms with Crippen LogP contribution >= 0.6 is 0 Å². The molecular weight excluding hydrogens is 493 g/mol. The molecule has 1 aliphatic carbocycles. The van der Waals surface area contributed by atoms with E-state index in [0.29, 0.717) is 48.1 Å². The number of para-hydroxylation sites is 1. The third-order valence-corrected chi connectivity index (χ3v) is 7.99.